The van der Waals surface area contributed by atoms with Crippen molar-refractivity contribution in [3.05, 3.63) is 24.3 Å². The summed E-state index contributed by atoms with van der Waals surface area (Å²) < 4.78 is 5.26. The maximum Gasteiger partial charge on any atom is 0.308 e. The Bertz CT molecular complexity index is 616. The molecule has 22 heavy (non-hydrogen) atoms. The number of anilines is 1. The SMILES string of the molecule is O=C(C[C@@H]1Sc2ccccc2NC1=O)O[C@@H]1CCCCC1=O. The predicted octanol–water partition coefficient (Wildman–Crippen LogP) is 2.54. The van der Waals surface area contributed by atoms with Gasteiger partial charge in [0.2, 0.25) is 5.91 Å². The molecule has 1 aromatic rings. The molecule has 0 bridgehead atoms. The number of hydrogen-bond donors (Lipinski definition) is 1. The maximum atomic E-state index is 12.0. The van der Waals surface area contributed by atoms with Crippen LogP contribution in [0.2, 0.25) is 0 Å². The van der Waals surface area contributed by atoms with Crippen LogP contribution in [0.5, 0.6) is 0 Å². The van der Waals surface area contributed by atoms with Crippen LogP contribution in [0, 0.1) is 0 Å². The number of ketones is 1. The van der Waals surface area contributed by atoms with Crippen molar-refractivity contribution in [3.8, 4) is 0 Å². The molecule has 1 saturated carbocycles. The molecule has 2 aliphatic rings. The van der Waals surface area contributed by atoms with Gasteiger partial charge in [0.1, 0.15) is 0 Å². The third-order valence-corrected chi connectivity index (χ3v) is 5.11. The second kappa shape index (κ2) is 6.52. The number of esters is 1. The minimum absolute atomic E-state index is 0.00862. The Kier molecular flexibility index (Phi) is 4.47. The van der Waals surface area contributed by atoms with Gasteiger partial charge in [0.25, 0.3) is 0 Å². The number of para-hydroxylation sites is 1. The van der Waals surface area contributed by atoms with Gasteiger partial charge in [0, 0.05) is 11.3 Å². The summed E-state index contributed by atoms with van der Waals surface area (Å²) in [5.41, 5.74) is 0.768. The zero-order valence-corrected chi connectivity index (χ0v) is 12.9. The van der Waals surface area contributed by atoms with Gasteiger partial charge in [-0.05, 0) is 31.4 Å². The molecule has 1 heterocycles. The average Bonchev–Trinajstić information content (AvgIpc) is 2.50. The Labute approximate surface area is 132 Å². The van der Waals surface area contributed by atoms with Crippen LogP contribution in [0.25, 0.3) is 0 Å². The van der Waals surface area contributed by atoms with Crippen LogP contribution < -0.4 is 5.32 Å². The summed E-state index contributed by atoms with van der Waals surface area (Å²) in [6, 6.07) is 7.47. The van der Waals surface area contributed by atoms with Gasteiger partial charge in [0.15, 0.2) is 11.9 Å². The van der Waals surface area contributed by atoms with E-state index in [-0.39, 0.29) is 18.1 Å². The molecular formula is C16H17NO4S. The van der Waals surface area contributed by atoms with Crippen LogP contribution in [0.1, 0.15) is 32.1 Å². The van der Waals surface area contributed by atoms with E-state index >= 15 is 0 Å². The Morgan fingerprint density at radius 2 is 2.09 bits per heavy atom. The van der Waals surface area contributed by atoms with Crippen LogP contribution in [-0.4, -0.2) is 29.0 Å². The molecule has 0 saturated heterocycles. The number of fused-ring (bicyclic) bond motifs is 1. The molecule has 116 valence electrons. The number of thioether (sulfide) groups is 1. The van der Waals surface area contributed by atoms with E-state index in [1.165, 1.54) is 11.8 Å². The van der Waals surface area contributed by atoms with Gasteiger partial charge in [0.05, 0.1) is 17.4 Å². The second-order valence-electron chi connectivity index (χ2n) is 5.49. The number of carbonyl (C=O) groups excluding carboxylic acids is 3. The Balaban J connectivity index is 1.60. The van der Waals surface area contributed by atoms with E-state index in [1.807, 2.05) is 24.3 Å². The number of carbonyl (C=O) groups is 3. The smallest absolute Gasteiger partial charge is 0.308 e. The van der Waals surface area contributed by atoms with E-state index in [0.29, 0.717) is 12.8 Å². The standard InChI is InChI=1S/C16H17NO4S/c18-11-6-2-3-7-12(11)21-15(19)9-14-16(20)17-10-5-1-4-8-13(10)22-14/h1,4-5,8,12,14H,2-3,6-7,9H2,(H,17,20)/t12-,14+/m1/s1. The first-order valence-corrected chi connectivity index (χ1v) is 8.30. The molecule has 1 aromatic carbocycles. The zero-order chi connectivity index (χ0) is 15.5. The molecule has 0 aromatic heterocycles. The van der Waals surface area contributed by atoms with E-state index in [9.17, 15) is 14.4 Å². The van der Waals surface area contributed by atoms with Crippen LogP contribution in [0.15, 0.2) is 29.2 Å². The Hall–Kier alpha value is -1.82. The van der Waals surface area contributed by atoms with Crippen LogP contribution >= 0.6 is 11.8 Å². The van der Waals surface area contributed by atoms with Crippen molar-refractivity contribution in [2.45, 2.75) is 48.4 Å². The lowest BCUT2D eigenvalue weighted by Crippen LogP contribution is -2.34. The number of nitrogens with one attached hydrogen (secondary N) is 1. The number of Topliss-reactive ketones (excluding diaryl/α,β-unsaturated/α-hetero) is 1. The van der Waals surface area contributed by atoms with Crippen LogP contribution in [0.3, 0.4) is 0 Å². The fourth-order valence-corrected chi connectivity index (χ4v) is 3.76. The van der Waals surface area contributed by atoms with Gasteiger partial charge in [-0.15, -0.1) is 11.8 Å². The van der Waals surface area contributed by atoms with E-state index < -0.39 is 17.3 Å². The van der Waals surface area contributed by atoms with Gasteiger partial charge in [-0.25, -0.2) is 0 Å². The summed E-state index contributed by atoms with van der Waals surface area (Å²) in [6.07, 6.45) is 2.20. The molecule has 5 nitrogen and oxygen atoms in total. The average molecular weight is 319 g/mol. The predicted molar refractivity (Wildman–Crippen MR) is 82.7 cm³/mol. The third-order valence-electron chi connectivity index (χ3n) is 3.83. The highest BCUT2D eigenvalue weighted by Crippen LogP contribution is 2.36. The number of ether oxygens (including phenoxy) is 1. The summed E-state index contributed by atoms with van der Waals surface area (Å²) in [5.74, 6) is -0.686. The van der Waals surface area contributed by atoms with Crippen molar-refractivity contribution in [2.75, 3.05) is 5.32 Å². The zero-order valence-electron chi connectivity index (χ0n) is 12.0. The molecule has 1 amide bonds. The normalized spacial score (nSPS) is 24.4. The summed E-state index contributed by atoms with van der Waals surface area (Å²) in [7, 11) is 0. The lowest BCUT2D eigenvalue weighted by Gasteiger charge is -2.25. The summed E-state index contributed by atoms with van der Waals surface area (Å²) in [6.45, 7) is 0. The molecule has 1 N–H and O–H groups in total. The maximum absolute atomic E-state index is 12.0. The van der Waals surface area contributed by atoms with Crippen LogP contribution in [0.4, 0.5) is 5.69 Å². The molecule has 6 heteroatoms. The van der Waals surface area contributed by atoms with Gasteiger partial charge in [-0.3, -0.25) is 14.4 Å². The van der Waals surface area contributed by atoms with Crippen molar-refractivity contribution in [1.82, 2.24) is 0 Å². The summed E-state index contributed by atoms with van der Waals surface area (Å²) in [5, 5.41) is 2.28. The Morgan fingerprint density at radius 3 is 2.91 bits per heavy atom. The fourth-order valence-electron chi connectivity index (χ4n) is 2.66. The van der Waals surface area contributed by atoms with Crippen molar-refractivity contribution in [2.24, 2.45) is 0 Å². The number of hydrogen-bond acceptors (Lipinski definition) is 5. The van der Waals surface area contributed by atoms with Crippen molar-refractivity contribution in [1.29, 1.82) is 0 Å². The topological polar surface area (TPSA) is 72.5 Å². The quantitative estimate of drug-likeness (QED) is 0.867. The molecule has 0 spiro atoms. The molecule has 0 radical (unpaired) electrons. The molecule has 1 fully saturated rings. The van der Waals surface area contributed by atoms with Gasteiger partial charge in [-0.2, -0.15) is 0 Å². The van der Waals surface area contributed by atoms with Gasteiger partial charge in [-0.1, -0.05) is 12.1 Å². The molecule has 1 aliphatic heterocycles. The molecule has 0 unspecified atom stereocenters. The molecular weight excluding hydrogens is 302 g/mol. The first-order chi connectivity index (χ1) is 10.6. The van der Waals surface area contributed by atoms with Crippen LogP contribution in [-0.2, 0) is 19.1 Å². The first kappa shape index (κ1) is 15.1. The monoisotopic (exact) mass is 319 g/mol. The molecule has 3 rings (SSSR count). The number of amides is 1. The van der Waals surface area contributed by atoms with E-state index in [0.717, 1.165) is 23.4 Å². The fraction of sp³-hybridized carbons (Fsp3) is 0.438. The van der Waals surface area contributed by atoms with Gasteiger partial charge >= 0.3 is 5.97 Å². The molecule has 2 atom stereocenters. The lowest BCUT2D eigenvalue weighted by atomic mass is 9.96. The third kappa shape index (κ3) is 3.32. The number of benzene rings is 1. The van der Waals surface area contributed by atoms with Crippen molar-refractivity contribution in [3.63, 3.8) is 0 Å². The molecule has 1 aliphatic carbocycles. The van der Waals surface area contributed by atoms with E-state index in [4.69, 9.17) is 4.74 Å². The second-order valence-corrected chi connectivity index (χ2v) is 6.73. The lowest BCUT2D eigenvalue weighted by molar-refractivity contribution is -0.157. The highest BCUT2D eigenvalue weighted by Gasteiger charge is 2.32. The minimum atomic E-state index is -0.620. The Morgan fingerprint density at radius 1 is 1.27 bits per heavy atom. The largest absolute Gasteiger partial charge is 0.454 e. The van der Waals surface area contributed by atoms with E-state index in [2.05, 4.69) is 5.32 Å². The number of rotatable bonds is 3. The minimum Gasteiger partial charge on any atom is -0.454 e. The van der Waals surface area contributed by atoms with Crippen molar-refractivity contribution >= 4 is 35.1 Å². The summed E-state index contributed by atoms with van der Waals surface area (Å²) >= 11 is 1.36. The first-order valence-electron chi connectivity index (χ1n) is 7.42. The van der Waals surface area contributed by atoms with Crippen molar-refractivity contribution < 1.29 is 19.1 Å². The highest BCUT2D eigenvalue weighted by atomic mass is 32.2. The summed E-state index contributed by atoms with van der Waals surface area (Å²) in [4.78, 5) is 36.7. The van der Waals surface area contributed by atoms with Gasteiger partial charge < -0.3 is 10.1 Å². The van der Waals surface area contributed by atoms with E-state index in [1.54, 1.807) is 0 Å². The highest BCUT2D eigenvalue weighted by molar-refractivity contribution is 8.01.